The van der Waals surface area contributed by atoms with Crippen molar-refractivity contribution in [2.24, 2.45) is 0 Å². The topological polar surface area (TPSA) is 90.9 Å². The number of amides is 2. The summed E-state index contributed by atoms with van der Waals surface area (Å²) in [6.07, 6.45) is 0. The first-order chi connectivity index (χ1) is 6.52. The molecule has 0 aliphatic heterocycles. The summed E-state index contributed by atoms with van der Waals surface area (Å²) < 4.78 is 4.69. The van der Waals surface area contributed by atoms with E-state index in [2.05, 4.69) is 10.7 Å². The Morgan fingerprint density at radius 2 is 2.07 bits per heavy atom. The Kier molecular flexibility index (Phi) is 6.42. The lowest BCUT2D eigenvalue weighted by Crippen LogP contribution is -2.44. The van der Waals surface area contributed by atoms with E-state index in [0.717, 1.165) is 0 Å². The summed E-state index contributed by atoms with van der Waals surface area (Å²) in [5.41, 5.74) is 2.45. The second-order valence-corrected chi connectivity index (χ2v) is 2.71. The summed E-state index contributed by atoms with van der Waals surface area (Å²) >= 11 is 0. The van der Waals surface area contributed by atoms with Gasteiger partial charge in [0.25, 0.3) is 0 Å². The lowest BCUT2D eigenvalue weighted by Gasteiger charge is -2.12. The van der Waals surface area contributed by atoms with Gasteiger partial charge < -0.3 is 15.2 Å². The minimum absolute atomic E-state index is 0.174. The van der Waals surface area contributed by atoms with Gasteiger partial charge in [0.1, 0.15) is 6.61 Å². The molecule has 0 atom stereocenters. The zero-order chi connectivity index (χ0) is 11.0. The molecule has 0 radical (unpaired) electrons. The summed E-state index contributed by atoms with van der Waals surface area (Å²) in [4.78, 5) is 20.9. The van der Waals surface area contributed by atoms with E-state index in [1.807, 2.05) is 0 Å². The van der Waals surface area contributed by atoms with Crippen LogP contribution in [0.15, 0.2) is 0 Å². The van der Waals surface area contributed by atoms with E-state index in [9.17, 15) is 9.59 Å². The number of rotatable bonds is 6. The molecule has 0 heterocycles. The van der Waals surface area contributed by atoms with Crippen molar-refractivity contribution in [1.82, 2.24) is 15.8 Å². The van der Waals surface area contributed by atoms with Crippen molar-refractivity contribution in [1.29, 1.82) is 0 Å². The van der Waals surface area contributed by atoms with E-state index >= 15 is 0 Å². The van der Waals surface area contributed by atoms with Gasteiger partial charge >= 0.3 is 12.0 Å². The van der Waals surface area contributed by atoms with E-state index in [1.54, 1.807) is 14.1 Å². The molecule has 0 aromatic rings. The van der Waals surface area contributed by atoms with Gasteiger partial charge in [-0.05, 0) is 0 Å². The van der Waals surface area contributed by atoms with E-state index < -0.39 is 5.97 Å². The number of nitrogens with zero attached hydrogens (tertiary/aromatic N) is 1. The van der Waals surface area contributed by atoms with Crippen molar-refractivity contribution in [2.75, 3.05) is 33.9 Å². The van der Waals surface area contributed by atoms with Crippen molar-refractivity contribution in [3.05, 3.63) is 0 Å². The summed E-state index contributed by atoms with van der Waals surface area (Å²) in [6.45, 7) is 0.0943. The number of nitrogens with one attached hydrogen (secondary N) is 2. The van der Waals surface area contributed by atoms with Crippen LogP contribution in [0.4, 0.5) is 4.79 Å². The largest absolute Gasteiger partial charge is 0.480 e. The van der Waals surface area contributed by atoms with Crippen LogP contribution in [0.25, 0.3) is 0 Å². The second kappa shape index (κ2) is 7.10. The molecule has 7 nitrogen and oxygen atoms in total. The number of hydrazine groups is 1. The van der Waals surface area contributed by atoms with E-state index in [4.69, 9.17) is 9.84 Å². The van der Waals surface area contributed by atoms with Crippen LogP contribution in [0.5, 0.6) is 0 Å². The Hall–Kier alpha value is -1.34. The zero-order valence-corrected chi connectivity index (χ0v) is 8.24. The average molecular weight is 205 g/mol. The highest BCUT2D eigenvalue weighted by Crippen LogP contribution is 1.74. The molecule has 0 aliphatic carbocycles. The highest BCUT2D eigenvalue weighted by atomic mass is 16.5. The van der Waals surface area contributed by atoms with Crippen LogP contribution in [0.2, 0.25) is 0 Å². The van der Waals surface area contributed by atoms with Crippen LogP contribution in [-0.4, -0.2) is 56.0 Å². The van der Waals surface area contributed by atoms with Crippen LogP contribution in [0, 0.1) is 0 Å². The highest BCUT2D eigenvalue weighted by Gasteiger charge is 2.00. The molecule has 0 aromatic carbocycles. The molecule has 0 rings (SSSR count). The number of aliphatic carboxylic acids is 1. The molecule has 0 aliphatic rings. The third kappa shape index (κ3) is 8.75. The molecule has 82 valence electrons. The molecular weight excluding hydrogens is 190 g/mol. The maximum atomic E-state index is 10.9. The smallest absolute Gasteiger partial charge is 0.329 e. The maximum absolute atomic E-state index is 10.9. The molecule has 0 saturated carbocycles. The van der Waals surface area contributed by atoms with Crippen molar-refractivity contribution < 1.29 is 19.4 Å². The third-order valence-electron chi connectivity index (χ3n) is 1.08. The quantitative estimate of drug-likeness (QED) is 0.377. The molecule has 0 unspecified atom stereocenters. The van der Waals surface area contributed by atoms with E-state index in [1.165, 1.54) is 5.01 Å². The Morgan fingerprint density at radius 1 is 1.43 bits per heavy atom. The summed E-state index contributed by atoms with van der Waals surface area (Å²) in [5, 5.41) is 12.2. The Morgan fingerprint density at radius 3 is 2.57 bits per heavy atom. The number of carbonyl (C=O) groups is 2. The lowest BCUT2D eigenvalue weighted by atomic mass is 10.6. The summed E-state index contributed by atoms with van der Waals surface area (Å²) in [6, 6.07) is -0.353. The van der Waals surface area contributed by atoms with Crippen molar-refractivity contribution in [3.8, 4) is 0 Å². The van der Waals surface area contributed by atoms with Crippen molar-refractivity contribution in [3.63, 3.8) is 0 Å². The standard InChI is InChI=1S/C7H15N3O4/c1-10(2)9-7(13)8-3-4-14-5-6(11)12/h3-5H2,1-2H3,(H,11,12)(H2,8,9,13). The van der Waals surface area contributed by atoms with Crippen molar-refractivity contribution >= 4 is 12.0 Å². The average Bonchev–Trinajstić information content (AvgIpc) is 2.01. The van der Waals surface area contributed by atoms with Crippen LogP contribution in [0.1, 0.15) is 0 Å². The SMILES string of the molecule is CN(C)NC(=O)NCCOCC(=O)O. The number of urea groups is 1. The van der Waals surface area contributed by atoms with E-state index in [0.29, 0.717) is 0 Å². The fourth-order valence-corrected chi connectivity index (χ4v) is 0.639. The predicted molar refractivity (Wildman–Crippen MR) is 48.7 cm³/mol. The highest BCUT2D eigenvalue weighted by molar-refractivity contribution is 5.73. The molecule has 14 heavy (non-hydrogen) atoms. The molecule has 0 spiro atoms. The maximum Gasteiger partial charge on any atom is 0.329 e. The van der Waals surface area contributed by atoms with E-state index in [-0.39, 0.29) is 25.8 Å². The van der Waals surface area contributed by atoms with Crippen LogP contribution in [-0.2, 0) is 9.53 Å². The molecule has 2 amide bonds. The van der Waals surface area contributed by atoms with Gasteiger partial charge in [-0.3, -0.25) is 5.43 Å². The lowest BCUT2D eigenvalue weighted by molar-refractivity contribution is -0.142. The van der Waals surface area contributed by atoms with Gasteiger partial charge in [0.05, 0.1) is 6.61 Å². The van der Waals surface area contributed by atoms with Gasteiger partial charge in [-0.15, -0.1) is 0 Å². The Labute approximate surface area is 82.0 Å². The number of carbonyl (C=O) groups excluding carboxylic acids is 1. The monoisotopic (exact) mass is 205 g/mol. The minimum atomic E-state index is -1.03. The fraction of sp³-hybridized carbons (Fsp3) is 0.714. The van der Waals surface area contributed by atoms with Gasteiger partial charge in [0.15, 0.2) is 0 Å². The molecule has 0 fully saturated rings. The number of carboxylic acid groups (broad SMARTS) is 1. The van der Waals surface area contributed by atoms with Gasteiger partial charge in [-0.2, -0.15) is 0 Å². The Balaban J connectivity index is 3.27. The molecule has 0 saturated heterocycles. The van der Waals surface area contributed by atoms with Crippen LogP contribution >= 0.6 is 0 Å². The van der Waals surface area contributed by atoms with Crippen molar-refractivity contribution in [2.45, 2.75) is 0 Å². The van der Waals surface area contributed by atoms with Gasteiger partial charge in [0.2, 0.25) is 0 Å². The summed E-state index contributed by atoms with van der Waals surface area (Å²) in [7, 11) is 3.36. The first-order valence-electron chi connectivity index (χ1n) is 4.03. The second-order valence-electron chi connectivity index (χ2n) is 2.71. The zero-order valence-electron chi connectivity index (χ0n) is 8.24. The molecule has 0 aromatic heterocycles. The molecule has 3 N–H and O–H groups in total. The normalized spacial score (nSPS) is 9.93. The molecular formula is C7H15N3O4. The first-order valence-corrected chi connectivity index (χ1v) is 4.03. The molecule has 7 heteroatoms. The number of hydrogen-bond donors (Lipinski definition) is 3. The third-order valence-corrected chi connectivity index (χ3v) is 1.08. The number of carboxylic acids is 1. The fourth-order valence-electron chi connectivity index (χ4n) is 0.639. The number of ether oxygens (including phenoxy) is 1. The first kappa shape index (κ1) is 12.7. The molecule has 0 bridgehead atoms. The number of hydrogen-bond acceptors (Lipinski definition) is 4. The van der Waals surface area contributed by atoms with Gasteiger partial charge in [-0.25, -0.2) is 14.6 Å². The van der Waals surface area contributed by atoms with Gasteiger partial charge in [-0.1, -0.05) is 0 Å². The summed E-state index contributed by atoms with van der Waals surface area (Å²) in [5.74, 6) is -1.03. The predicted octanol–water partition coefficient (Wildman–Crippen LogP) is -1.14. The van der Waals surface area contributed by atoms with Crippen LogP contribution in [0.3, 0.4) is 0 Å². The van der Waals surface area contributed by atoms with Gasteiger partial charge in [0, 0.05) is 20.6 Å². The van der Waals surface area contributed by atoms with Crippen LogP contribution < -0.4 is 10.7 Å². The Bertz CT molecular complexity index is 195. The minimum Gasteiger partial charge on any atom is -0.480 e.